The summed E-state index contributed by atoms with van der Waals surface area (Å²) in [7, 11) is 0. The summed E-state index contributed by atoms with van der Waals surface area (Å²) in [5.74, 6) is 1.12. The number of rotatable bonds is 3. The van der Waals surface area contributed by atoms with Gasteiger partial charge in [0.25, 0.3) is 5.91 Å². The van der Waals surface area contributed by atoms with E-state index < -0.39 is 0 Å². The average molecular weight is 410 g/mol. The second-order valence-corrected chi connectivity index (χ2v) is 7.96. The van der Waals surface area contributed by atoms with Gasteiger partial charge in [0.15, 0.2) is 11.5 Å². The Morgan fingerprint density at radius 2 is 1.90 bits per heavy atom. The predicted octanol–water partition coefficient (Wildman–Crippen LogP) is 4.70. The Bertz CT molecular complexity index is 1050. The zero-order valence-electron chi connectivity index (χ0n) is 15.6. The minimum Gasteiger partial charge on any atom is -0.486 e. The zero-order chi connectivity index (χ0) is 19.8. The number of aromatic nitrogens is 1. The van der Waals surface area contributed by atoms with Gasteiger partial charge in [0.2, 0.25) is 0 Å². The van der Waals surface area contributed by atoms with E-state index in [1.165, 1.54) is 23.5 Å². The van der Waals surface area contributed by atoms with Crippen LogP contribution in [-0.4, -0.2) is 35.5 Å². The molecule has 5 rings (SSSR count). The van der Waals surface area contributed by atoms with Gasteiger partial charge >= 0.3 is 0 Å². The van der Waals surface area contributed by atoms with Crippen molar-refractivity contribution in [1.82, 2.24) is 9.88 Å². The third-order valence-electron chi connectivity index (χ3n) is 5.28. The molecule has 3 heterocycles. The van der Waals surface area contributed by atoms with E-state index in [0.717, 1.165) is 35.5 Å². The molecule has 3 aromatic rings. The first-order chi connectivity index (χ1) is 14.2. The second-order valence-electron chi connectivity index (χ2n) is 7.10. The lowest BCUT2D eigenvalue weighted by Gasteiger charge is -2.26. The van der Waals surface area contributed by atoms with Crippen molar-refractivity contribution >= 4 is 17.2 Å². The summed E-state index contributed by atoms with van der Waals surface area (Å²) in [6.45, 7) is 1.79. The molecule has 0 bridgehead atoms. The summed E-state index contributed by atoms with van der Waals surface area (Å²) in [6, 6.07) is 12.1. The Labute approximate surface area is 171 Å². The van der Waals surface area contributed by atoms with Crippen molar-refractivity contribution in [3.8, 4) is 22.1 Å². The number of hydrogen-bond donors (Lipinski definition) is 0. The van der Waals surface area contributed by atoms with E-state index in [4.69, 9.17) is 9.47 Å². The van der Waals surface area contributed by atoms with Gasteiger partial charge in [0.05, 0.1) is 6.04 Å². The van der Waals surface area contributed by atoms with Crippen LogP contribution in [0.4, 0.5) is 4.39 Å². The molecular formula is C22H19FN2O3S. The smallest absolute Gasteiger partial charge is 0.273 e. The van der Waals surface area contributed by atoms with Gasteiger partial charge in [-0.2, -0.15) is 0 Å². The number of thiazole rings is 1. The molecule has 0 aliphatic carbocycles. The topological polar surface area (TPSA) is 51.7 Å². The number of nitrogens with zero attached hydrogens (tertiary/aromatic N) is 2. The van der Waals surface area contributed by atoms with Gasteiger partial charge in [-0.05, 0) is 54.8 Å². The number of amides is 1. The Kier molecular flexibility index (Phi) is 4.67. The highest BCUT2D eigenvalue weighted by Crippen LogP contribution is 2.39. The molecule has 2 aliphatic rings. The van der Waals surface area contributed by atoms with Crippen molar-refractivity contribution in [2.24, 2.45) is 0 Å². The van der Waals surface area contributed by atoms with E-state index in [-0.39, 0.29) is 17.8 Å². The predicted molar refractivity (Wildman–Crippen MR) is 108 cm³/mol. The van der Waals surface area contributed by atoms with Gasteiger partial charge in [0, 0.05) is 17.5 Å². The highest BCUT2D eigenvalue weighted by molar-refractivity contribution is 7.13. The number of hydrogen-bond acceptors (Lipinski definition) is 5. The first-order valence-electron chi connectivity index (χ1n) is 9.61. The number of halogens is 1. The maximum Gasteiger partial charge on any atom is 0.273 e. The van der Waals surface area contributed by atoms with Gasteiger partial charge in [-0.1, -0.05) is 6.07 Å². The third kappa shape index (κ3) is 3.46. The van der Waals surface area contributed by atoms with E-state index >= 15 is 0 Å². The SMILES string of the molecule is O=C(c1csc(-c2ccc(F)cc2)n1)N1CCCC1c1ccc2c(c1)OCCO2. The van der Waals surface area contributed by atoms with Gasteiger partial charge in [-0.25, -0.2) is 9.37 Å². The molecule has 2 aliphatic heterocycles. The van der Waals surface area contributed by atoms with Crippen molar-refractivity contribution in [2.45, 2.75) is 18.9 Å². The highest BCUT2D eigenvalue weighted by atomic mass is 32.1. The standard InChI is InChI=1S/C22H19FN2O3S/c23-16-6-3-14(4-7-16)21-24-17(13-29-21)22(26)25-9-1-2-18(25)15-5-8-19-20(12-15)28-11-10-27-19/h3-8,12-13,18H,1-2,9-11H2. The average Bonchev–Trinajstić information content (AvgIpc) is 3.44. The number of likely N-dealkylation sites (tertiary alicyclic amines) is 1. The molecule has 0 N–H and O–H groups in total. The van der Waals surface area contributed by atoms with E-state index in [1.807, 2.05) is 23.1 Å². The summed E-state index contributed by atoms with van der Waals surface area (Å²) >= 11 is 1.39. The third-order valence-corrected chi connectivity index (χ3v) is 6.17. The lowest BCUT2D eigenvalue weighted by molar-refractivity contribution is 0.0730. The molecule has 1 saturated heterocycles. The first-order valence-corrected chi connectivity index (χ1v) is 10.5. The lowest BCUT2D eigenvalue weighted by atomic mass is 10.0. The molecule has 0 radical (unpaired) electrons. The minimum absolute atomic E-state index is 0.00528. The molecule has 1 amide bonds. The Morgan fingerprint density at radius 1 is 1.10 bits per heavy atom. The fraction of sp³-hybridized carbons (Fsp3) is 0.273. The van der Waals surface area contributed by atoms with Crippen molar-refractivity contribution in [3.63, 3.8) is 0 Å². The maximum atomic E-state index is 13.2. The molecule has 1 aromatic heterocycles. The molecule has 0 spiro atoms. The minimum atomic E-state index is -0.291. The van der Waals surface area contributed by atoms with Crippen molar-refractivity contribution in [2.75, 3.05) is 19.8 Å². The Balaban J connectivity index is 1.39. The first kappa shape index (κ1) is 18.1. The van der Waals surface area contributed by atoms with Gasteiger partial charge in [-0.3, -0.25) is 4.79 Å². The van der Waals surface area contributed by atoms with E-state index in [9.17, 15) is 9.18 Å². The summed E-state index contributed by atoms with van der Waals surface area (Å²) in [4.78, 5) is 19.6. The van der Waals surface area contributed by atoms with Gasteiger partial charge in [0.1, 0.15) is 29.7 Å². The fourth-order valence-electron chi connectivity index (χ4n) is 3.87. The Morgan fingerprint density at radius 3 is 2.72 bits per heavy atom. The van der Waals surface area contributed by atoms with Crippen LogP contribution in [-0.2, 0) is 0 Å². The van der Waals surface area contributed by atoms with Gasteiger partial charge in [-0.15, -0.1) is 11.3 Å². The number of fused-ring (bicyclic) bond motifs is 1. The van der Waals surface area contributed by atoms with Crippen LogP contribution in [0.15, 0.2) is 47.8 Å². The summed E-state index contributed by atoms with van der Waals surface area (Å²) in [5.41, 5.74) is 2.29. The molecule has 0 saturated carbocycles. The number of benzene rings is 2. The van der Waals surface area contributed by atoms with Crippen molar-refractivity contribution in [3.05, 3.63) is 64.9 Å². The van der Waals surface area contributed by atoms with Gasteiger partial charge < -0.3 is 14.4 Å². The molecule has 1 fully saturated rings. The van der Waals surface area contributed by atoms with E-state index in [0.29, 0.717) is 30.5 Å². The molecule has 5 nitrogen and oxygen atoms in total. The molecule has 2 aromatic carbocycles. The number of ether oxygens (including phenoxy) is 2. The fourth-order valence-corrected chi connectivity index (χ4v) is 4.67. The normalized spacial score (nSPS) is 18.1. The highest BCUT2D eigenvalue weighted by Gasteiger charge is 2.32. The molecule has 29 heavy (non-hydrogen) atoms. The maximum absolute atomic E-state index is 13.2. The van der Waals surface area contributed by atoms with Crippen molar-refractivity contribution in [1.29, 1.82) is 0 Å². The van der Waals surface area contributed by atoms with Crippen LogP contribution >= 0.6 is 11.3 Å². The van der Waals surface area contributed by atoms with E-state index in [1.54, 1.807) is 17.5 Å². The van der Waals surface area contributed by atoms with Crippen LogP contribution in [0.25, 0.3) is 10.6 Å². The van der Waals surface area contributed by atoms with Crippen LogP contribution in [0, 0.1) is 5.82 Å². The van der Waals surface area contributed by atoms with Crippen LogP contribution in [0.2, 0.25) is 0 Å². The largest absolute Gasteiger partial charge is 0.486 e. The molecule has 1 atom stereocenters. The van der Waals surface area contributed by atoms with E-state index in [2.05, 4.69) is 4.98 Å². The second kappa shape index (κ2) is 7.48. The van der Waals surface area contributed by atoms with Crippen LogP contribution in [0.3, 0.4) is 0 Å². The lowest BCUT2D eigenvalue weighted by Crippen LogP contribution is -2.30. The summed E-state index contributed by atoms with van der Waals surface area (Å²) < 4.78 is 24.5. The van der Waals surface area contributed by atoms with Crippen LogP contribution in [0.1, 0.15) is 34.9 Å². The molecule has 7 heteroatoms. The number of carbonyl (C=O) groups is 1. The Hall–Kier alpha value is -2.93. The quantitative estimate of drug-likeness (QED) is 0.628. The molecular weight excluding hydrogens is 391 g/mol. The van der Waals surface area contributed by atoms with Crippen molar-refractivity contribution < 1.29 is 18.7 Å². The molecule has 148 valence electrons. The zero-order valence-corrected chi connectivity index (χ0v) is 16.5. The molecule has 1 unspecified atom stereocenters. The monoisotopic (exact) mass is 410 g/mol. The summed E-state index contributed by atoms with van der Waals surface area (Å²) in [6.07, 6.45) is 1.85. The number of carbonyl (C=O) groups excluding carboxylic acids is 1. The van der Waals surface area contributed by atoms with Crippen LogP contribution in [0.5, 0.6) is 11.5 Å². The summed E-state index contributed by atoms with van der Waals surface area (Å²) in [5, 5.41) is 2.49. The van der Waals surface area contributed by atoms with Crippen LogP contribution < -0.4 is 9.47 Å².